The minimum absolute atomic E-state index is 0. The van der Waals surface area contributed by atoms with Crippen LogP contribution in [-0.4, -0.2) is 62.5 Å². The monoisotopic (exact) mass is 592 g/mol. The first-order valence-electron chi connectivity index (χ1n) is 12.2. The van der Waals surface area contributed by atoms with E-state index in [9.17, 15) is 31.5 Å². The van der Waals surface area contributed by atoms with E-state index >= 15 is 0 Å². The average Bonchev–Trinajstić information content (AvgIpc) is 3.43. The molecule has 1 amide bonds. The lowest BCUT2D eigenvalue weighted by Gasteiger charge is -2.33. The van der Waals surface area contributed by atoms with Crippen molar-refractivity contribution in [1.82, 2.24) is 19.4 Å². The number of likely N-dealkylation sites (tertiary alicyclic amines) is 1. The van der Waals surface area contributed by atoms with Crippen molar-refractivity contribution < 1.29 is 36.6 Å². The summed E-state index contributed by atoms with van der Waals surface area (Å²) in [6, 6.07) is 1.97. The van der Waals surface area contributed by atoms with E-state index in [1.54, 1.807) is 4.90 Å². The highest BCUT2D eigenvalue weighted by Crippen LogP contribution is 2.37. The molecule has 0 saturated carbocycles. The summed E-state index contributed by atoms with van der Waals surface area (Å²) < 4.78 is 69.9. The van der Waals surface area contributed by atoms with Crippen LogP contribution in [0.5, 0.6) is 0 Å². The Morgan fingerprint density at radius 3 is 2.49 bits per heavy atom. The van der Waals surface area contributed by atoms with Crippen molar-refractivity contribution in [2.24, 2.45) is 5.92 Å². The summed E-state index contributed by atoms with van der Waals surface area (Å²) in [5, 5.41) is 8.32. The van der Waals surface area contributed by atoms with Crippen molar-refractivity contribution in [3.8, 4) is 0 Å². The molecule has 0 aliphatic carbocycles. The lowest BCUT2D eigenvalue weighted by molar-refractivity contribution is -0.139. The molecule has 3 aromatic rings. The highest BCUT2D eigenvalue weighted by Gasteiger charge is 2.35. The van der Waals surface area contributed by atoms with E-state index < -0.39 is 28.8 Å². The van der Waals surface area contributed by atoms with E-state index in [1.807, 2.05) is 4.90 Å². The highest BCUT2D eigenvalue weighted by atomic mass is 35.5. The van der Waals surface area contributed by atoms with Crippen molar-refractivity contribution in [2.45, 2.75) is 44.9 Å². The molecule has 1 fully saturated rings. The second-order valence-electron chi connectivity index (χ2n) is 9.81. The Morgan fingerprint density at radius 2 is 1.85 bits per heavy atom. The van der Waals surface area contributed by atoms with E-state index in [4.69, 9.17) is 5.11 Å². The van der Waals surface area contributed by atoms with Gasteiger partial charge in [0.1, 0.15) is 11.6 Å². The van der Waals surface area contributed by atoms with Gasteiger partial charge in [0, 0.05) is 41.2 Å². The number of piperidine rings is 1. The first-order valence-corrected chi connectivity index (χ1v) is 13.0. The highest BCUT2D eigenvalue weighted by molar-refractivity contribution is 7.11. The summed E-state index contributed by atoms with van der Waals surface area (Å²) in [5.41, 5.74) is 1.35. The number of rotatable bonds is 6. The van der Waals surface area contributed by atoms with Crippen molar-refractivity contribution in [3.05, 3.63) is 51.1 Å². The van der Waals surface area contributed by atoms with E-state index in [2.05, 4.69) is 4.98 Å². The maximum Gasteiger partial charge on any atom is 0.443 e. The number of benzene rings is 1. The molecule has 7 nitrogen and oxygen atoms in total. The molecule has 14 heteroatoms. The van der Waals surface area contributed by atoms with Gasteiger partial charge in [0.05, 0.1) is 25.2 Å². The largest absolute Gasteiger partial charge is 0.480 e. The number of carboxylic acid groups (broad SMARTS) is 1. The zero-order valence-corrected chi connectivity index (χ0v) is 22.3. The van der Waals surface area contributed by atoms with E-state index in [-0.39, 0.29) is 54.3 Å². The van der Waals surface area contributed by atoms with E-state index in [1.165, 1.54) is 10.6 Å². The maximum absolute atomic E-state index is 15.0. The van der Waals surface area contributed by atoms with Crippen LogP contribution in [-0.2, 0) is 35.3 Å². The minimum Gasteiger partial charge on any atom is -0.480 e. The van der Waals surface area contributed by atoms with Crippen LogP contribution in [0, 0.1) is 17.6 Å². The van der Waals surface area contributed by atoms with Crippen LogP contribution in [0.2, 0.25) is 0 Å². The molecule has 2 aliphatic heterocycles. The third kappa shape index (κ3) is 6.20. The molecule has 0 bridgehead atoms. The van der Waals surface area contributed by atoms with Gasteiger partial charge >= 0.3 is 12.1 Å². The van der Waals surface area contributed by atoms with Gasteiger partial charge in [0.2, 0.25) is 5.91 Å². The maximum atomic E-state index is 15.0. The Hall–Kier alpha value is -2.77. The number of amides is 1. The predicted molar refractivity (Wildman–Crippen MR) is 136 cm³/mol. The molecule has 0 unspecified atom stereocenters. The zero-order chi connectivity index (χ0) is 27.2. The van der Waals surface area contributed by atoms with Crippen LogP contribution >= 0.6 is 23.7 Å². The Bertz CT molecular complexity index is 1380. The van der Waals surface area contributed by atoms with Gasteiger partial charge < -0.3 is 14.6 Å². The van der Waals surface area contributed by atoms with Gasteiger partial charge in [-0.05, 0) is 49.9 Å². The van der Waals surface area contributed by atoms with Crippen LogP contribution in [0.25, 0.3) is 10.9 Å². The number of hydrogen-bond donors (Lipinski definition) is 1. The van der Waals surface area contributed by atoms with E-state index in [0.717, 1.165) is 12.3 Å². The van der Waals surface area contributed by atoms with Gasteiger partial charge in [-0.3, -0.25) is 14.5 Å². The SMILES string of the molecule is Cl.O=C(O)CN1CCC(CC(=O)N2CCc3c(n(Cc4cnc(C(F)(F)F)s4)c4c(F)cc(F)cc34)C2)CC1. The Morgan fingerprint density at radius 1 is 1.13 bits per heavy atom. The lowest BCUT2D eigenvalue weighted by Crippen LogP contribution is -2.40. The Labute approximate surface area is 230 Å². The first-order chi connectivity index (χ1) is 18.0. The smallest absolute Gasteiger partial charge is 0.443 e. The Kier molecular flexibility index (Phi) is 8.52. The normalized spacial score (nSPS) is 16.8. The van der Waals surface area contributed by atoms with Crippen LogP contribution in [0.4, 0.5) is 22.0 Å². The number of fused-ring (bicyclic) bond motifs is 3. The molecular formula is C25H26ClF5N4O3S. The second-order valence-corrected chi connectivity index (χ2v) is 10.9. The van der Waals surface area contributed by atoms with Crippen molar-refractivity contribution in [3.63, 3.8) is 0 Å². The predicted octanol–water partition coefficient (Wildman–Crippen LogP) is 4.94. The fourth-order valence-electron chi connectivity index (χ4n) is 5.46. The second kappa shape index (κ2) is 11.4. The molecule has 0 atom stereocenters. The summed E-state index contributed by atoms with van der Waals surface area (Å²) in [4.78, 5) is 31.3. The zero-order valence-electron chi connectivity index (χ0n) is 20.6. The summed E-state index contributed by atoms with van der Waals surface area (Å²) in [6.07, 6.45) is -1.42. The average molecular weight is 593 g/mol. The topological polar surface area (TPSA) is 78.7 Å². The quantitative estimate of drug-likeness (QED) is 0.411. The lowest BCUT2D eigenvalue weighted by atomic mass is 9.92. The van der Waals surface area contributed by atoms with Gasteiger partial charge in [-0.25, -0.2) is 13.8 Å². The molecular weight excluding hydrogens is 567 g/mol. The summed E-state index contributed by atoms with van der Waals surface area (Å²) in [5.74, 6) is -2.43. The molecule has 2 aliphatic rings. The van der Waals surface area contributed by atoms with Crippen molar-refractivity contribution >= 4 is 46.5 Å². The molecule has 4 heterocycles. The summed E-state index contributed by atoms with van der Waals surface area (Å²) in [6.45, 7) is 1.57. The molecule has 1 N–H and O–H groups in total. The molecule has 39 heavy (non-hydrogen) atoms. The Balaban J connectivity index is 0.00000353. The van der Waals surface area contributed by atoms with Crippen molar-refractivity contribution in [1.29, 1.82) is 0 Å². The number of carbonyl (C=O) groups is 2. The van der Waals surface area contributed by atoms with Crippen LogP contribution in [0.1, 0.15) is 40.4 Å². The van der Waals surface area contributed by atoms with Crippen molar-refractivity contribution in [2.75, 3.05) is 26.2 Å². The molecule has 0 radical (unpaired) electrons. The third-order valence-corrected chi connectivity index (χ3v) is 8.29. The van der Waals surface area contributed by atoms with Gasteiger partial charge in [0.15, 0.2) is 5.01 Å². The fourth-order valence-corrected chi connectivity index (χ4v) is 6.23. The van der Waals surface area contributed by atoms with Gasteiger partial charge in [-0.15, -0.1) is 23.7 Å². The number of carbonyl (C=O) groups excluding carboxylic acids is 1. The fraction of sp³-hybridized carbons (Fsp3) is 0.480. The van der Waals surface area contributed by atoms with Crippen LogP contribution in [0.15, 0.2) is 18.3 Å². The molecule has 2 aromatic heterocycles. The van der Waals surface area contributed by atoms with Gasteiger partial charge in [-0.2, -0.15) is 13.2 Å². The minimum atomic E-state index is -4.59. The number of aliphatic carboxylic acids is 1. The number of alkyl halides is 3. The molecule has 1 saturated heterocycles. The molecule has 1 aromatic carbocycles. The number of aromatic nitrogens is 2. The van der Waals surface area contributed by atoms with E-state index in [0.29, 0.717) is 73.3 Å². The molecule has 0 spiro atoms. The summed E-state index contributed by atoms with van der Waals surface area (Å²) >= 11 is 0.466. The number of halogens is 6. The number of carboxylic acids is 1. The summed E-state index contributed by atoms with van der Waals surface area (Å²) in [7, 11) is 0. The molecule has 5 rings (SSSR count). The van der Waals surface area contributed by atoms with Crippen LogP contribution in [0.3, 0.4) is 0 Å². The number of thiazole rings is 1. The molecule has 212 valence electrons. The third-order valence-electron chi connectivity index (χ3n) is 7.26. The standard InChI is InChI=1S/C25H25F5N4O3S.ClH/c26-15-8-18-17-3-6-33(21(35)7-14-1-4-32(5-2-14)13-22(36)37)12-20(17)34(23(18)19(27)9-15)11-16-10-31-24(38-16)25(28,29)30;/h8-10,14H,1-7,11-13H2,(H,36,37);1H. The van der Waals surface area contributed by atoms with Gasteiger partial charge in [-0.1, -0.05) is 0 Å². The number of nitrogens with zero attached hydrogens (tertiary/aromatic N) is 4. The first kappa shape index (κ1) is 29.2. The van der Waals surface area contributed by atoms with Gasteiger partial charge in [0.25, 0.3) is 0 Å². The number of hydrogen-bond acceptors (Lipinski definition) is 5. The van der Waals surface area contributed by atoms with Crippen LogP contribution < -0.4 is 0 Å².